The smallest absolute Gasteiger partial charge is 0.416 e. The maximum absolute atomic E-state index is 13.4. The summed E-state index contributed by atoms with van der Waals surface area (Å²) in [5, 5.41) is 19.2. The fraction of sp³-hybridized carbons (Fsp3) is 0.270. The molecule has 0 saturated carbocycles. The number of aliphatic hydroxyl groups excluding tert-OH is 1. The van der Waals surface area contributed by atoms with Crippen LogP contribution in [0, 0.1) is 17.5 Å². The summed E-state index contributed by atoms with van der Waals surface area (Å²) < 4.78 is 86.1. The Balaban J connectivity index is 0.000000135. The number of carbonyl (C=O) groups excluding carboxylic acids is 4. The maximum Gasteiger partial charge on any atom is 0.416 e. The lowest BCUT2D eigenvalue weighted by molar-refractivity contribution is 0.134. The van der Waals surface area contributed by atoms with E-state index in [2.05, 4.69) is 25.3 Å². The summed E-state index contributed by atoms with van der Waals surface area (Å²) in [7, 11) is 0. The Labute approximate surface area is 894 Å². The van der Waals surface area contributed by atoms with Crippen LogP contribution in [0.2, 0.25) is 25.1 Å². The van der Waals surface area contributed by atoms with Gasteiger partial charge in [0.1, 0.15) is 81.9 Å². The Kier molecular flexibility index (Phi) is 36.9. The van der Waals surface area contributed by atoms with Crippen molar-refractivity contribution in [2.75, 3.05) is 89.9 Å². The zero-order valence-corrected chi connectivity index (χ0v) is 86.6. The molecule has 4 amide bonds. The van der Waals surface area contributed by atoms with Crippen molar-refractivity contribution >= 4 is 161 Å². The number of nitrogens with zero attached hydrogens (tertiary/aromatic N) is 4. The highest BCUT2D eigenvalue weighted by molar-refractivity contribution is 6.33. The summed E-state index contributed by atoms with van der Waals surface area (Å²) >= 11 is 48.7. The molecule has 0 aliphatic carbocycles. The van der Waals surface area contributed by atoms with E-state index < -0.39 is 54.1 Å². The molecule has 4 aliphatic heterocycles. The second kappa shape index (κ2) is 51.4. The SMILES string of the molecule is O=C(Oc1ccc(F)cc1)N1CCc2c([nH]c3ccc(Cl)cc23)C1c1ccc(OCCCCCCCl)cc1.O=C(Oc1ccc(F)cc1)N1CCc2c([nH]c3ccc(Cl)cc23)C1c1ccc(OCCCCCl)cc1.O=C(Oc1ccc(F)cc1)N1CCc2c([nH]c3ccc(Cl)cc23)C1c1ccc(OCCCCNCCO)cc1.O=C(Oc1ccccc1Cl)N1CCc2c([nH]c3ccc(Cl)cc23)C1c1ccc(OCCCCl)cc1. The number of ether oxygens (including phenoxy) is 8. The first-order chi connectivity index (χ1) is 72.1. The molecule has 4 unspecified atom stereocenters. The highest BCUT2D eigenvalue weighted by atomic mass is 35.5. The van der Waals surface area contributed by atoms with Crippen LogP contribution in [0.25, 0.3) is 43.6 Å². The lowest BCUT2D eigenvalue weighted by Gasteiger charge is -2.35. The summed E-state index contributed by atoms with van der Waals surface area (Å²) in [5.74, 6) is 4.92. The molecule has 33 heteroatoms. The van der Waals surface area contributed by atoms with E-state index in [1.165, 1.54) is 72.8 Å². The number of alkyl halides is 3. The van der Waals surface area contributed by atoms with Crippen LogP contribution in [0.5, 0.6) is 46.0 Å². The van der Waals surface area contributed by atoms with Gasteiger partial charge >= 0.3 is 24.4 Å². The number of unbranched alkanes of at least 4 members (excludes halogenated alkanes) is 5. The molecule has 16 aromatic rings. The van der Waals surface area contributed by atoms with Gasteiger partial charge in [-0.05, 0) is 328 Å². The van der Waals surface area contributed by atoms with Gasteiger partial charge in [0.2, 0.25) is 0 Å². The molecule has 768 valence electrons. The number of hydrogen-bond donors (Lipinski definition) is 6. The van der Waals surface area contributed by atoms with E-state index >= 15 is 0 Å². The van der Waals surface area contributed by atoms with Crippen LogP contribution in [0.15, 0.2) is 267 Å². The van der Waals surface area contributed by atoms with Gasteiger partial charge in [-0.15, -0.1) is 34.8 Å². The molecule has 6 N–H and O–H groups in total. The molecule has 4 atom stereocenters. The van der Waals surface area contributed by atoms with Gasteiger partial charge in [0.15, 0.2) is 5.75 Å². The van der Waals surface area contributed by atoms with Crippen LogP contribution >= 0.6 is 92.8 Å². The Morgan fingerprint density at radius 1 is 0.311 bits per heavy atom. The quantitative estimate of drug-likeness (QED) is 0.0170. The Hall–Kier alpha value is -12.9. The van der Waals surface area contributed by atoms with Crippen LogP contribution in [-0.2, 0) is 25.7 Å². The van der Waals surface area contributed by atoms with Gasteiger partial charge in [-0.25, -0.2) is 32.3 Å². The molecule has 0 saturated heterocycles. The number of nitrogens with one attached hydrogen (secondary N) is 5. The van der Waals surface area contributed by atoms with Crippen molar-refractivity contribution in [3.8, 4) is 46.0 Å². The molecular weight excluding hydrogens is 2060 g/mol. The number of benzene rings is 12. The lowest BCUT2D eigenvalue weighted by Crippen LogP contribution is -2.42. The van der Waals surface area contributed by atoms with Gasteiger partial charge in [-0.3, -0.25) is 19.6 Å². The van der Waals surface area contributed by atoms with Gasteiger partial charge in [0.05, 0.1) is 38.1 Å². The number of hydrogen-bond acceptors (Lipinski definition) is 14. The third-order valence-corrected chi connectivity index (χ3v) is 28.2. The van der Waals surface area contributed by atoms with E-state index in [0.29, 0.717) is 139 Å². The number of para-hydroxylation sites is 1. The number of fused-ring (bicyclic) bond motifs is 12. The highest BCUT2D eigenvalue weighted by Crippen LogP contribution is 2.47. The number of rotatable bonds is 32. The average Bonchev–Trinajstić information content (AvgIpc) is 1.61. The minimum absolute atomic E-state index is 0.138. The molecule has 0 radical (unpaired) electrons. The van der Waals surface area contributed by atoms with E-state index in [-0.39, 0.29) is 30.0 Å². The number of carbonyl (C=O) groups is 4. The van der Waals surface area contributed by atoms with Gasteiger partial charge in [0, 0.05) is 137 Å². The van der Waals surface area contributed by atoms with Crippen molar-refractivity contribution in [3.05, 3.63) is 377 Å². The molecule has 148 heavy (non-hydrogen) atoms. The van der Waals surface area contributed by atoms with Crippen molar-refractivity contribution in [2.24, 2.45) is 0 Å². The number of aromatic amines is 4. The number of aromatic nitrogens is 4. The Morgan fingerprint density at radius 3 is 0.885 bits per heavy atom. The minimum Gasteiger partial charge on any atom is -0.494 e. The topological polar surface area (TPSA) is 250 Å². The van der Waals surface area contributed by atoms with E-state index in [1.807, 2.05) is 170 Å². The van der Waals surface area contributed by atoms with Crippen molar-refractivity contribution < 1.29 is 75.4 Å². The summed E-state index contributed by atoms with van der Waals surface area (Å²) in [4.78, 5) is 74.4. The van der Waals surface area contributed by atoms with Gasteiger partial charge < -0.3 is 68.3 Å². The zero-order valence-electron chi connectivity index (χ0n) is 80.6. The van der Waals surface area contributed by atoms with Crippen LogP contribution in [0.4, 0.5) is 32.3 Å². The fourth-order valence-corrected chi connectivity index (χ4v) is 20.3. The van der Waals surface area contributed by atoms with E-state index in [0.717, 1.165) is 198 Å². The number of aliphatic hydroxyl groups is 1. The molecule has 20 rings (SSSR count). The average molecular weight is 2160 g/mol. The van der Waals surface area contributed by atoms with Gasteiger partial charge in [-0.1, -0.05) is 132 Å². The first-order valence-corrected chi connectivity index (χ1v) is 52.7. The zero-order chi connectivity index (χ0) is 103. The molecule has 0 fully saturated rings. The standard InChI is InChI=1S/C30H29Cl2FN2O3.C30H31ClFN3O4.C28H25Cl2FN2O3.C27H23Cl3N2O3/c31-16-3-1-2-4-18-37-23-10-5-20(6-11-23)29-28-25(26-19-21(32)7-14-27(26)34-28)15-17-35(29)30(36)38-24-12-8-22(33)9-13-24;31-21-5-12-27-26(19-21)25-13-16-35(30(37)39-24-10-6-22(32)7-11-24)29(28(25)34-27)20-3-8-23(9-4-20)38-18-2-1-14-33-15-17-36;29-14-1-2-16-35-21-8-3-18(4-9-21)27-26-23(24-17-19(30)5-12-25(24)32-26)13-15-33(27)28(34)36-22-10-6-20(31)7-11-22;28-13-3-15-34-19-9-6-17(7-10-19)26-25-20(21-16-18(29)8-11-23(21)31-25)12-14-32(26)27(33)35-24-5-2-1-4-22(24)30/h5-14,19,29,34H,1-4,15-18H2;3-12,19,29,33-34,36H,1-2,13-18H2;3-12,17,27,32H,1-2,13-16H2;1-2,4-11,16,26,31H,3,12-15H2. The van der Waals surface area contributed by atoms with Crippen molar-refractivity contribution in [3.63, 3.8) is 0 Å². The molecule has 8 heterocycles. The largest absolute Gasteiger partial charge is 0.494 e. The molecule has 4 aliphatic rings. The molecule has 0 spiro atoms. The minimum atomic E-state index is -0.510. The first-order valence-electron chi connectivity index (χ1n) is 49.2. The Bertz CT molecular complexity index is 7210. The van der Waals surface area contributed by atoms with Crippen LogP contribution in [0.3, 0.4) is 0 Å². The van der Waals surface area contributed by atoms with Crippen molar-refractivity contribution in [1.29, 1.82) is 0 Å². The second-order valence-electron chi connectivity index (χ2n) is 35.9. The third kappa shape index (κ3) is 26.5. The van der Waals surface area contributed by atoms with Crippen LogP contribution < -0.4 is 43.2 Å². The molecule has 0 bridgehead atoms. The number of amides is 4. The summed E-state index contributed by atoms with van der Waals surface area (Å²) in [5.41, 5.74) is 15.8. The molecule has 4 aromatic heterocycles. The predicted octanol–water partition coefficient (Wildman–Crippen LogP) is 29.3. The normalized spacial score (nSPS) is 15.0. The lowest BCUT2D eigenvalue weighted by atomic mass is 9.92. The van der Waals surface area contributed by atoms with Crippen molar-refractivity contribution in [2.45, 2.75) is 108 Å². The van der Waals surface area contributed by atoms with Gasteiger partial charge in [0.25, 0.3) is 0 Å². The van der Waals surface area contributed by atoms with Crippen LogP contribution in [-0.4, -0.2) is 159 Å². The number of H-pyrrole nitrogens is 4. The number of halogens is 11. The molecule has 12 aromatic carbocycles. The van der Waals surface area contributed by atoms with E-state index in [4.69, 9.17) is 136 Å². The highest BCUT2D eigenvalue weighted by Gasteiger charge is 2.42. The van der Waals surface area contributed by atoms with Gasteiger partial charge in [-0.2, -0.15) is 0 Å². The summed E-state index contributed by atoms with van der Waals surface area (Å²) in [6.45, 7) is 5.79. The maximum atomic E-state index is 13.4. The Morgan fingerprint density at radius 2 is 0.581 bits per heavy atom. The first kappa shape index (κ1) is 106. The van der Waals surface area contributed by atoms with E-state index in [1.54, 1.807) is 43.9 Å². The van der Waals surface area contributed by atoms with Crippen LogP contribution in [0.1, 0.15) is 149 Å². The third-order valence-electron chi connectivity index (χ3n) is 26.1. The predicted molar refractivity (Wildman–Crippen MR) is 578 cm³/mol. The monoisotopic (exact) mass is 2160 g/mol. The van der Waals surface area contributed by atoms with Crippen molar-refractivity contribution in [1.82, 2.24) is 44.9 Å². The molecular formula is C115H108Cl8F3N9O13. The summed E-state index contributed by atoms with van der Waals surface area (Å²) in [6, 6.07) is 75.8. The fourth-order valence-electron chi connectivity index (χ4n) is 19.0. The summed E-state index contributed by atoms with van der Waals surface area (Å²) in [6.07, 6.45) is 9.24. The van der Waals surface area contributed by atoms with E-state index in [9.17, 15) is 32.3 Å². The second-order valence-corrected chi connectivity index (χ2v) is 39.2. The molecule has 22 nitrogen and oxygen atoms in total.